The predicted octanol–water partition coefficient (Wildman–Crippen LogP) is 3.93. The molecule has 11 heteroatoms. The topological polar surface area (TPSA) is 101 Å². The van der Waals surface area contributed by atoms with Crippen molar-refractivity contribution in [3.05, 3.63) is 118 Å². The number of benzene rings is 3. The first-order valence-electron chi connectivity index (χ1n) is 12.7. The number of hydrogen-bond acceptors (Lipinski definition) is 5. The number of nitrogens with zero attached hydrogens (tertiary/aromatic N) is 2. The molecule has 0 saturated carbocycles. The highest BCUT2D eigenvalue weighted by Gasteiger charge is 2.40. The molecule has 1 aromatic heterocycles. The van der Waals surface area contributed by atoms with E-state index in [2.05, 4.69) is 10.4 Å². The zero-order valence-electron chi connectivity index (χ0n) is 21.0. The second-order valence-electron chi connectivity index (χ2n) is 10.2. The van der Waals surface area contributed by atoms with Crippen LogP contribution in [-0.4, -0.2) is 41.1 Å². The molecule has 0 saturated heterocycles. The number of hydrogen-bond donors (Lipinski definition) is 2. The Morgan fingerprint density at radius 1 is 1.02 bits per heavy atom. The molecule has 3 atom stereocenters. The molecule has 1 amide bonds. The summed E-state index contributed by atoms with van der Waals surface area (Å²) < 4.78 is 70.0. The van der Waals surface area contributed by atoms with Crippen molar-refractivity contribution in [2.75, 3.05) is 5.75 Å². The van der Waals surface area contributed by atoms with Crippen LogP contribution in [-0.2, 0) is 28.4 Å². The first kappa shape index (κ1) is 26.3. The maximum Gasteiger partial charge on any atom is 0.272 e. The Hall–Kier alpha value is -3.96. The summed E-state index contributed by atoms with van der Waals surface area (Å²) in [5.74, 6) is -4.64. The van der Waals surface area contributed by atoms with Gasteiger partial charge < -0.3 is 10.4 Å². The Labute approximate surface area is 228 Å². The summed E-state index contributed by atoms with van der Waals surface area (Å²) in [6, 6.07) is 15.1. The molecule has 2 aliphatic rings. The Morgan fingerprint density at radius 2 is 1.80 bits per heavy atom. The van der Waals surface area contributed by atoms with Gasteiger partial charge in [0.05, 0.1) is 29.3 Å². The molecule has 4 aromatic rings. The van der Waals surface area contributed by atoms with Gasteiger partial charge in [-0.05, 0) is 47.4 Å². The fourth-order valence-electron chi connectivity index (χ4n) is 5.77. The fraction of sp³-hybridized carbons (Fsp3) is 0.241. The number of fused-ring (bicyclic) bond motifs is 2. The summed E-state index contributed by atoms with van der Waals surface area (Å²) in [5.41, 5.74) is 2.10. The van der Waals surface area contributed by atoms with E-state index in [1.165, 1.54) is 24.3 Å². The van der Waals surface area contributed by atoms with Crippen molar-refractivity contribution in [1.82, 2.24) is 15.1 Å². The van der Waals surface area contributed by atoms with Crippen LogP contribution in [0.3, 0.4) is 0 Å². The van der Waals surface area contributed by atoms with Crippen LogP contribution in [0.25, 0.3) is 5.69 Å². The van der Waals surface area contributed by atoms with E-state index in [1.807, 2.05) is 12.1 Å². The van der Waals surface area contributed by atoms with Gasteiger partial charge in [0.15, 0.2) is 21.3 Å². The summed E-state index contributed by atoms with van der Waals surface area (Å²) in [5, 5.41) is 17.8. The summed E-state index contributed by atoms with van der Waals surface area (Å²) in [6.07, 6.45) is -0.495. The van der Waals surface area contributed by atoms with Crippen LogP contribution >= 0.6 is 0 Å². The minimum Gasteiger partial charge on any atom is -0.390 e. The molecular weight excluding hydrogens is 543 g/mol. The molecule has 2 heterocycles. The normalized spacial score (nSPS) is 21.1. The second-order valence-corrected chi connectivity index (χ2v) is 12.3. The van der Waals surface area contributed by atoms with Crippen molar-refractivity contribution < 1.29 is 31.5 Å². The van der Waals surface area contributed by atoms with Gasteiger partial charge in [0.25, 0.3) is 5.91 Å². The molecule has 7 nitrogen and oxygen atoms in total. The number of carbonyl (C=O) groups is 1. The first-order valence-corrected chi connectivity index (χ1v) is 14.5. The van der Waals surface area contributed by atoms with Crippen LogP contribution in [0.4, 0.5) is 13.2 Å². The quantitative estimate of drug-likeness (QED) is 0.381. The van der Waals surface area contributed by atoms with Crippen LogP contribution < -0.4 is 5.32 Å². The predicted molar refractivity (Wildman–Crippen MR) is 140 cm³/mol. The minimum atomic E-state index is -3.73. The van der Waals surface area contributed by atoms with Crippen molar-refractivity contribution >= 4 is 15.7 Å². The minimum absolute atomic E-state index is 0.0776. The zero-order chi connectivity index (χ0) is 28.2. The number of amides is 1. The van der Waals surface area contributed by atoms with Gasteiger partial charge in [-0.3, -0.25) is 4.79 Å². The molecule has 6 rings (SSSR count). The van der Waals surface area contributed by atoms with Gasteiger partial charge in [-0.2, -0.15) is 5.10 Å². The van der Waals surface area contributed by atoms with Gasteiger partial charge in [-0.1, -0.05) is 36.4 Å². The van der Waals surface area contributed by atoms with E-state index in [0.717, 1.165) is 21.9 Å². The largest absolute Gasteiger partial charge is 0.390 e. The van der Waals surface area contributed by atoms with Crippen LogP contribution in [0.15, 0.2) is 66.7 Å². The molecule has 0 fully saturated rings. The van der Waals surface area contributed by atoms with Crippen LogP contribution in [0.5, 0.6) is 0 Å². The number of rotatable bonds is 5. The molecule has 0 spiro atoms. The summed E-state index contributed by atoms with van der Waals surface area (Å²) in [7, 11) is -3.73. The van der Waals surface area contributed by atoms with Crippen molar-refractivity contribution in [2.24, 2.45) is 0 Å². The zero-order valence-corrected chi connectivity index (χ0v) is 21.8. The lowest BCUT2D eigenvalue weighted by Gasteiger charge is -2.25. The molecule has 0 bridgehead atoms. The van der Waals surface area contributed by atoms with E-state index >= 15 is 4.39 Å². The monoisotopic (exact) mass is 567 g/mol. The average Bonchev–Trinajstić information content (AvgIpc) is 3.41. The van der Waals surface area contributed by atoms with Crippen molar-refractivity contribution in [2.45, 2.75) is 36.7 Å². The summed E-state index contributed by atoms with van der Waals surface area (Å²) >= 11 is 0. The molecule has 2 N–H and O–H groups in total. The van der Waals surface area contributed by atoms with Gasteiger partial charge in [0.2, 0.25) is 0 Å². The molecule has 1 aliphatic carbocycles. The van der Waals surface area contributed by atoms with E-state index in [1.54, 1.807) is 18.2 Å². The maximum atomic E-state index is 15.0. The second kappa shape index (κ2) is 9.90. The van der Waals surface area contributed by atoms with Gasteiger partial charge in [-0.25, -0.2) is 26.3 Å². The van der Waals surface area contributed by atoms with Crippen molar-refractivity contribution in [1.29, 1.82) is 0 Å². The Bertz CT molecular complexity index is 1760. The average molecular weight is 568 g/mol. The van der Waals surface area contributed by atoms with Crippen molar-refractivity contribution in [3.8, 4) is 5.69 Å². The number of aliphatic hydroxyl groups is 1. The molecule has 3 aromatic carbocycles. The number of carbonyl (C=O) groups excluding carboxylic acids is 1. The first-order chi connectivity index (χ1) is 19.1. The molecule has 0 radical (unpaired) electrons. The number of halogens is 3. The highest BCUT2D eigenvalue weighted by Crippen LogP contribution is 2.38. The van der Waals surface area contributed by atoms with Crippen molar-refractivity contribution in [3.63, 3.8) is 0 Å². The Balaban J connectivity index is 1.47. The molecule has 206 valence electrons. The lowest BCUT2D eigenvalue weighted by atomic mass is 9.94. The molecule has 1 aliphatic heterocycles. The highest BCUT2D eigenvalue weighted by atomic mass is 32.2. The third-order valence-corrected chi connectivity index (χ3v) is 9.08. The van der Waals surface area contributed by atoms with E-state index < -0.39 is 57.0 Å². The standard InChI is InChI=1S/C29H24F3N3O4S/c30-19-6-3-4-16(11-19)10-18-14-40(38,39)15-22-27(34-35(28(18)22)24-9-8-20(31)13-23(24)32)29(37)33-26-21-7-2-1-5-17(21)12-25(26)36/h1-9,11,13,18,25-26,36H,10,12,14-15H2,(H,33,37)/t18?,25-,26+/m0/s1. The lowest BCUT2D eigenvalue weighted by Crippen LogP contribution is -2.35. The van der Waals surface area contributed by atoms with Crippen LogP contribution in [0.2, 0.25) is 0 Å². The number of sulfone groups is 1. The Morgan fingerprint density at radius 3 is 2.58 bits per heavy atom. The lowest BCUT2D eigenvalue weighted by molar-refractivity contribution is 0.0852. The van der Waals surface area contributed by atoms with Gasteiger partial charge in [-0.15, -0.1) is 0 Å². The van der Waals surface area contributed by atoms with E-state index in [4.69, 9.17) is 0 Å². The van der Waals surface area contributed by atoms with E-state index in [0.29, 0.717) is 18.1 Å². The third kappa shape index (κ3) is 4.79. The number of nitrogens with one attached hydrogen (secondary N) is 1. The Kier molecular flexibility index (Phi) is 6.50. The molecular formula is C29H24F3N3O4S. The smallest absolute Gasteiger partial charge is 0.272 e. The van der Waals surface area contributed by atoms with Gasteiger partial charge in [0, 0.05) is 24.0 Å². The van der Waals surface area contributed by atoms with E-state index in [-0.39, 0.29) is 34.8 Å². The van der Waals surface area contributed by atoms with Crippen LogP contribution in [0.1, 0.15) is 50.4 Å². The van der Waals surface area contributed by atoms with Gasteiger partial charge in [0.1, 0.15) is 17.3 Å². The summed E-state index contributed by atoms with van der Waals surface area (Å²) in [4.78, 5) is 13.6. The SMILES string of the molecule is O=C(N[C@@H]1c2ccccc2C[C@@H]1O)c1nn(-c2ccc(F)cc2F)c2c1CS(=O)(=O)CC2Cc1cccc(F)c1. The van der Waals surface area contributed by atoms with E-state index in [9.17, 15) is 27.1 Å². The highest BCUT2D eigenvalue weighted by molar-refractivity contribution is 7.90. The number of aromatic nitrogens is 2. The third-order valence-electron chi connectivity index (χ3n) is 7.44. The maximum absolute atomic E-state index is 15.0. The van der Waals surface area contributed by atoms with Gasteiger partial charge >= 0.3 is 0 Å². The fourth-order valence-corrected chi connectivity index (χ4v) is 7.50. The van der Waals surface area contributed by atoms with Crippen LogP contribution in [0, 0.1) is 17.5 Å². The number of aliphatic hydroxyl groups excluding tert-OH is 1. The summed E-state index contributed by atoms with van der Waals surface area (Å²) in [6.45, 7) is 0. The molecule has 40 heavy (non-hydrogen) atoms. The molecule has 1 unspecified atom stereocenters.